The number of rotatable bonds is 2. The van der Waals surface area contributed by atoms with E-state index in [9.17, 15) is 0 Å². The van der Waals surface area contributed by atoms with Crippen molar-refractivity contribution in [2.75, 3.05) is 0 Å². The second-order valence-corrected chi connectivity index (χ2v) is 4.40. The summed E-state index contributed by atoms with van der Waals surface area (Å²) in [5.41, 5.74) is 0. The molecule has 0 atom stereocenters. The molecule has 0 unspecified atom stereocenters. The molecule has 1 aromatic heterocycles. The maximum Gasteiger partial charge on any atom is 0.254 e. The van der Waals surface area contributed by atoms with Crippen LogP contribution in [0.3, 0.4) is 0 Å². The van der Waals surface area contributed by atoms with Gasteiger partial charge in [0, 0.05) is 0 Å². The summed E-state index contributed by atoms with van der Waals surface area (Å²) >= 11 is 0. The minimum Gasteiger partial charge on any atom is -0.726 e. The molecule has 6 nitrogen and oxygen atoms in total. The van der Waals surface area contributed by atoms with E-state index in [2.05, 4.69) is 30.4 Å². The lowest BCUT2D eigenvalue weighted by Gasteiger charge is -1.97. The van der Waals surface area contributed by atoms with Gasteiger partial charge in [-0.1, -0.05) is 13.8 Å². The molecule has 0 radical (unpaired) electrons. The molecule has 0 bridgehead atoms. The molecule has 0 aromatic carbocycles. The molecule has 2 N–H and O–H groups in total. The average Bonchev–Trinajstić information content (AvgIpc) is 2.31. The van der Waals surface area contributed by atoms with E-state index in [1.54, 1.807) is 0 Å². The Morgan fingerprint density at radius 3 is 2.33 bits per heavy atom. The van der Waals surface area contributed by atoms with E-state index in [0.29, 0.717) is 0 Å². The van der Waals surface area contributed by atoms with Gasteiger partial charge in [0.05, 0.1) is 13.5 Å². The third-order valence-corrected chi connectivity index (χ3v) is 1.58. The molecule has 0 saturated carbocycles. The van der Waals surface area contributed by atoms with Crippen molar-refractivity contribution >= 4 is 10.4 Å². The highest BCUT2D eigenvalue weighted by Crippen LogP contribution is 1.99. The number of nitrogens with zero attached hydrogens (tertiary/aromatic N) is 1. The topological polar surface area (TPSA) is 97.1 Å². The van der Waals surface area contributed by atoms with Crippen molar-refractivity contribution in [3.8, 4) is 0 Å². The number of aryl methyl sites for hydroxylation is 1. The number of hydrogen-bond acceptors (Lipinski definition) is 3. The Kier molecular flexibility index (Phi) is 5.48. The molecule has 1 heterocycles. The van der Waals surface area contributed by atoms with Gasteiger partial charge < -0.3 is 4.55 Å². The second kappa shape index (κ2) is 5.84. The van der Waals surface area contributed by atoms with E-state index in [0.717, 1.165) is 12.3 Å². The highest BCUT2D eigenvalue weighted by atomic mass is 32.3. The van der Waals surface area contributed by atoms with Crippen LogP contribution in [0, 0.1) is 5.92 Å². The van der Waals surface area contributed by atoms with Gasteiger partial charge in [-0.2, -0.15) is 0 Å². The summed E-state index contributed by atoms with van der Waals surface area (Å²) in [6.07, 6.45) is 5.14. The van der Waals surface area contributed by atoms with Crippen molar-refractivity contribution in [3.63, 3.8) is 0 Å². The van der Waals surface area contributed by atoms with Crippen LogP contribution in [0.2, 0.25) is 0 Å². The van der Waals surface area contributed by atoms with E-state index in [1.807, 2.05) is 12.4 Å². The molecule has 15 heavy (non-hydrogen) atoms. The zero-order valence-electron chi connectivity index (χ0n) is 8.97. The van der Waals surface area contributed by atoms with Crippen molar-refractivity contribution in [1.82, 2.24) is 4.98 Å². The Balaban J connectivity index is 0.000000336. The first kappa shape index (κ1) is 14.1. The van der Waals surface area contributed by atoms with Crippen LogP contribution in [0.15, 0.2) is 12.4 Å². The Morgan fingerprint density at radius 2 is 2.07 bits per heavy atom. The number of aromatic nitrogens is 2. The van der Waals surface area contributed by atoms with E-state index >= 15 is 0 Å². The van der Waals surface area contributed by atoms with Crippen LogP contribution in [0.1, 0.15) is 19.7 Å². The van der Waals surface area contributed by atoms with Crippen molar-refractivity contribution in [1.29, 1.82) is 0 Å². The summed E-state index contributed by atoms with van der Waals surface area (Å²) in [5, 5.41) is 0. The average molecular weight is 236 g/mol. The van der Waals surface area contributed by atoms with E-state index in [-0.39, 0.29) is 0 Å². The SMILES string of the molecule is CC(C)Cc1[nH]cc[n+]1C.O=S(=O)([O-])O. The van der Waals surface area contributed by atoms with Crippen LogP contribution in [-0.2, 0) is 23.9 Å². The van der Waals surface area contributed by atoms with Gasteiger partial charge in [0.15, 0.2) is 0 Å². The van der Waals surface area contributed by atoms with E-state index < -0.39 is 10.4 Å². The molecule has 0 spiro atoms. The smallest absolute Gasteiger partial charge is 0.254 e. The number of nitrogens with one attached hydrogen (secondary N) is 1. The fourth-order valence-electron chi connectivity index (χ4n) is 1.03. The minimum absolute atomic E-state index is 0.727. The molecule has 1 aromatic rings. The Hall–Kier alpha value is -0.920. The van der Waals surface area contributed by atoms with E-state index in [4.69, 9.17) is 17.5 Å². The number of H-pyrrole nitrogens is 1. The van der Waals surface area contributed by atoms with Gasteiger partial charge in [0.25, 0.3) is 5.82 Å². The van der Waals surface area contributed by atoms with Gasteiger partial charge in [0.2, 0.25) is 10.4 Å². The van der Waals surface area contributed by atoms with Crippen LogP contribution in [0.4, 0.5) is 0 Å². The second-order valence-electron chi connectivity index (χ2n) is 3.54. The largest absolute Gasteiger partial charge is 0.726 e. The molecule has 1 rings (SSSR count). The van der Waals surface area contributed by atoms with Gasteiger partial charge in [0.1, 0.15) is 12.4 Å². The van der Waals surface area contributed by atoms with Crippen LogP contribution >= 0.6 is 0 Å². The fourth-order valence-corrected chi connectivity index (χ4v) is 1.03. The van der Waals surface area contributed by atoms with Crippen LogP contribution in [0.25, 0.3) is 0 Å². The van der Waals surface area contributed by atoms with Crippen LogP contribution in [-0.4, -0.2) is 22.5 Å². The van der Waals surface area contributed by atoms with Crippen molar-refractivity contribution in [2.24, 2.45) is 13.0 Å². The first-order chi connectivity index (χ1) is 6.70. The summed E-state index contributed by atoms with van der Waals surface area (Å²) < 4.78 is 35.0. The fraction of sp³-hybridized carbons (Fsp3) is 0.625. The Bertz CT molecular complexity index is 375. The summed E-state index contributed by atoms with van der Waals surface area (Å²) in [6, 6.07) is 0. The monoisotopic (exact) mass is 236 g/mol. The third kappa shape index (κ3) is 9.39. The standard InChI is InChI=1S/C8H14N2.H2O4S/c1-7(2)6-8-9-4-5-10(8)3;1-5(2,3)4/h4-5,7H,6H2,1-3H3;(H2,1,2,3,4). The molecule has 0 fully saturated rings. The Morgan fingerprint density at radius 1 is 1.60 bits per heavy atom. The van der Waals surface area contributed by atoms with Crippen molar-refractivity contribution in [3.05, 3.63) is 18.2 Å². The first-order valence-corrected chi connectivity index (χ1v) is 5.77. The van der Waals surface area contributed by atoms with Crippen LogP contribution < -0.4 is 4.57 Å². The lowest BCUT2D eigenvalue weighted by atomic mass is 10.1. The van der Waals surface area contributed by atoms with Gasteiger partial charge in [-0.3, -0.25) is 4.55 Å². The molecule has 7 heteroatoms. The normalized spacial score (nSPS) is 11.1. The molecular weight excluding hydrogens is 220 g/mol. The molecular formula is C8H16N2O4S. The lowest BCUT2D eigenvalue weighted by Crippen LogP contribution is -2.31. The van der Waals surface area contributed by atoms with E-state index in [1.165, 1.54) is 5.82 Å². The third-order valence-electron chi connectivity index (χ3n) is 1.58. The minimum atomic E-state index is -4.92. The zero-order valence-corrected chi connectivity index (χ0v) is 9.78. The maximum atomic E-state index is 8.63. The van der Waals surface area contributed by atoms with Gasteiger partial charge in [-0.05, 0) is 5.92 Å². The molecule has 0 aliphatic carbocycles. The quantitative estimate of drug-likeness (QED) is 0.430. The van der Waals surface area contributed by atoms with Gasteiger partial charge in [-0.25, -0.2) is 18.0 Å². The lowest BCUT2D eigenvalue weighted by molar-refractivity contribution is -0.678. The summed E-state index contributed by atoms with van der Waals surface area (Å²) in [5.74, 6) is 2.03. The summed E-state index contributed by atoms with van der Waals surface area (Å²) in [4.78, 5) is 3.20. The number of imidazole rings is 1. The van der Waals surface area contributed by atoms with Gasteiger partial charge in [-0.15, -0.1) is 0 Å². The molecule has 0 amide bonds. The predicted molar refractivity (Wildman–Crippen MR) is 52.8 cm³/mol. The maximum absolute atomic E-state index is 8.63. The molecule has 0 aliphatic rings. The highest BCUT2D eigenvalue weighted by Gasteiger charge is 2.07. The first-order valence-electron chi connectivity index (χ1n) is 4.40. The zero-order chi connectivity index (χ0) is 12.1. The molecule has 0 aliphatic heterocycles. The highest BCUT2D eigenvalue weighted by molar-refractivity contribution is 7.79. The van der Waals surface area contributed by atoms with Crippen molar-refractivity contribution in [2.45, 2.75) is 20.3 Å². The number of aromatic amines is 1. The van der Waals surface area contributed by atoms with Crippen LogP contribution in [0.5, 0.6) is 0 Å². The van der Waals surface area contributed by atoms with Gasteiger partial charge >= 0.3 is 0 Å². The molecule has 88 valence electrons. The summed E-state index contributed by atoms with van der Waals surface area (Å²) in [6.45, 7) is 4.45. The number of hydrogen-bond donors (Lipinski definition) is 2. The van der Waals surface area contributed by atoms with Crippen molar-refractivity contribution < 1.29 is 22.1 Å². The summed E-state index contributed by atoms with van der Waals surface area (Å²) in [7, 11) is -2.85. The predicted octanol–water partition coefficient (Wildman–Crippen LogP) is 0.0423. The molecule has 0 saturated heterocycles. The Labute approximate surface area is 89.5 Å².